The summed E-state index contributed by atoms with van der Waals surface area (Å²) in [6.45, 7) is 2.72. The number of hydrogen-bond donors (Lipinski definition) is 1. The molecule has 1 aromatic carbocycles. The Hall–Kier alpha value is -2.89. The smallest absolute Gasteiger partial charge is 0.305 e. The minimum Gasteiger partial charge on any atom is -0.493 e. The summed E-state index contributed by atoms with van der Waals surface area (Å²) in [5.41, 5.74) is 4.70. The molecule has 0 aliphatic heterocycles. The van der Waals surface area contributed by atoms with Gasteiger partial charge in [-0.2, -0.15) is 5.10 Å². The number of aryl methyl sites for hydroxylation is 2. The Kier molecular flexibility index (Phi) is 7.40. The molecular weight excluding hydrogens is 402 g/mol. The molecule has 0 bridgehead atoms. The minimum absolute atomic E-state index is 0.0898. The van der Waals surface area contributed by atoms with Crippen molar-refractivity contribution in [2.45, 2.75) is 77.2 Å². The van der Waals surface area contributed by atoms with Crippen molar-refractivity contribution in [3.05, 3.63) is 53.5 Å². The van der Waals surface area contributed by atoms with Crippen molar-refractivity contribution < 1.29 is 14.6 Å². The Bertz CT molecular complexity index is 1060. The Morgan fingerprint density at radius 2 is 2.06 bits per heavy atom. The molecule has 0 spiro atoms. The number of ether oxygens (including phenoxy) is 1. The molecule has 0 radical (unpaired) electrons. The lowest BCUT2D eigenvalue weighted by Gasteiger charge is -2.17. The zero-order chi connectivity index (χ0) is 22.3. The summed E-state index contributed by atoms with van der Waals surface area (Å²) in [6, 6.07) is 10.2. The van der Waals surface area contributed by atoms with Crippen LogP contribution in [-0.4, -0.2) is 32.4 Å². The van der Waals surface area contributed by atoms with Crippen molar-refractivity contribution in [3.8, 4) is 5.75 Å². The first kappa shape index (κ1) is 22.3. The van der Waals surface area contributed by atoms with Gasteiger partial charge in [-0.3, -0.25) is 14.5 Å². The monoisotopic (exact) mass is 435 g/mol. The van der Waals surface area contributed by atoms with Crippen LogP contribution in [-0.2, 0) is 24.1 Å². The van der Waals surface area contributed by atoms with E-state index in [1.54, 1.807) is 0 Å². The average molecular weight is 436 g/mol. The summed E-state index contributed by atoms with van der Waals surface area (Å²) in [5, 5.41) is 14.8. The Morgan fingerprint density at radius 1 is 1.19 bits per heavy atom. The van der Waals surface area contributed by atoms with Crippen LogP contribution in [0.3, 0.4) is 0 Å². The van der Waals surface area contributed by atoms with Gasteiger partial charge in [0, 0.05) is 23.2 Å². The van der Waals surface area contributed by atoms with Crippen LogP contribution in [0.2, 0.25) is 0 Å². The predicted molar refractivity (Wildman–Crippen MR) is 125 cm³/mol. The number of aromatic nitrogens is 3. The molecule has 32 heavy (non-hydrogen) atoms. The van der Waals surface area contributed by atoms with Crippen LogP contribution in [0.4, 0.5) is 0 Å². The predicted octanol–water partition coefficient (Wildman–Crippen LogP) is 5.53. The summed E-state index contributed by atoms with van der Waals surface area (Å²) in [6.07, 6.45) is 11.5. The highest BCUT2D eigenvalue weighted by Crippen LogP contribution is 2.27. The maximum absolute atomic E-state index is 11.4. The molecule has 4 rings (SSSR count). The van der Waals surface area contributed by atoms with E-state index in [4.69, 9.17) is 9.72 Å². The molecule has 6 heteroatoms. The lowest BCUT2D eigenvalue weighted by atomic mass is 9.96. The van der Waals surface area contributed by atoms with E-state index in [-0.39, 0.29) is 12.5 Å². The van der Waals surface area contributed by atoms with Crippen LogP contribution >= 0.6 is 0 Å². The third-order valence-corrected chi connectivity index (χ3v) is 6.33. The summed E-state index contributed by atoms with van der Waals surface area (Å²) in [7, 11) is 0. The Morgan fingerprint density at radius 3 is 2.91 bits per heavy atom. The molecule has 1 unspecified atom stereocenters. The zero-order valence-electron chi connectivity index (χ0n) is 18.9. The van der Waals surface area contributed by atoms with Crippen LogP contribution < -0.4 is 4.74 Å². The summed E-state index contributed by atoms with van der Waals surface area (Å²) in [5.74, 6) is 0.0154. The van der Waals surface area contributed by atoms with Gasteiger partial charge in [0.25, 0.3) is 0 Å². The molecule has 1 aliphatic rings. The molecule has 170 valence electrons. The molecule has 0 fully saturated rings. The van der Waals surface area contributed by atoms with Crippen molar-refractivity contribution in [1.29, 1.82) is 0 Å². The fraction of sp³-hybridized carbons (Fsp3) is 0.500. The fourth-order valence-electron chi connectivity index (χ4n) is 4.59. The largest absolute Gasteiger partial charge is 0.493 e. The van der Waals surface area contributed by atoms with Gasteiger partial charge in [0.2, 0.25) is 0 Å². The number of nitrogens with zero attached hydrogens (tertiary/aromatic N) is 3. The van der Waals surface area contributed by atoms with Gasteiger partial charge in [-0.15, -0.1) is 0 Å². The highest BCUT2D eigenvalue weighted by Gasteiger charge is 2.18. The first-order valence-corrected chi connectivity index (χ1v) is 11.9. The molecule has 0 amide bonds. The first-order chi connectivity index (χ1) is 15.6. The number of hydrogen-bond acceptors (Lipinski definition) is 4. The van der Waals surface area contributed by atoms with E-state index in [0.717, 1.165) is 67.3 Å². The lowest BCUT2D eigenvalue weighted by Crippen LogP contribution is -2.15. The van der Waals surface area contributed by atoms with Gasteiger partial charge in [-0.25, -0.2) is 0 Å². The van der Waals surface area contributed by atoms with Gasteiger partial charge in [0.15, 0.2) is 0 Å². The van der Waals surface area contributed by atoms with Crippen LogP contribution in [0.1, 0.15) is 74.9 Å². The van der Waals surface area contributed by atoms with Crippen LogP contribution in [0, 0.1) is 0 Å². The van der Waals surface area contributed by atoms with E-state index in [0.29, 0.717) is 6.61 Å². The van der Waals surface area contributed by atoms with Crippen molar-refractivity contribution in [1.82, 2.24) is 14.8 Å². The molecule has 2 heterocycles. The number of carboxylic acids is 1. The third kappa shape index (κ3) is 5.47. The molecule has 0 saturated carbocycles. The highest BCUT2D eigenvalue weighted by atomic mass is 16.5. The first-order valence-electron chi connectivity index (χ1n) is 11.9. The minimum atomic E-state index is -0.786. The molecule has 3 aromatic rings. The van der Waals surface area contributed by atoms with Crippen LogP contribution in [0.15, 0.2) is 36.5 Å². The second kappa shape index (κ2) is 10.6. The molecule has 1 atom stereocenters. The SMILES string of the molecule is CCCCCC(CC(=O)O)n1ncc2cc(OCCc3ccc4c(n3)CCCC4)ccc21. The second-order valence-corrected chi connectivity index (χ2v) is 8.77. The van der Waals surface area contributed by atoms with Gasteiger partial charge in [-0.05, 0) is 61.9 Å². The van der Waals surface area contributed by atoms with E-state index in [9.17, 15) is 9.90 Å². The number of carboxylic acid groups (broad SMARTS) is 1. The number of aliphatic carboxylic acids is 1. The fourth-order valence-corrected chi connectivity index (χ4v) is 4.59. The quantitative estimate of drug-likeness (QED) is 0.401. The van der Waals surface area contributed by atoms with Crippen LogP contribution in [0.5, 0.6) is 5.75 Å². The summed E-state index contributed by atoms with van der Waals surface area (Å²) < 4.78 is 7.88. The van der Waals surface area contributed by atoms with Crippen molar-refractivity contribution in [3.63, 3.8) is 0 Å². The molecule has 1 aliphatic carbocycles. The van der Waals surface area contributed by atoms with Gasteiger partial charge in [0.1, 0.15) is 5.75 Å². The molecule has 2 aromatic heterocycles. The van der Waals surface area contributed by atoms with Gasteiger partial charge < -0.3 is 9.84 Å². The normalized spacial score (nSPS) is 14.3. The number of unbranched alkanes of at least 4 members (excludes halogenated alkanes) is 2. The van der Waals surface area contributed by atoms with Crippen LogP contribution in [0.25, 0.3) is 10.9 Å². The number of rotatable bonds is 11. The van der Waals surface area contributed by atoms with E-state index >= 15 is 0 Å². The molecule has 0 saturated heterocycles. The van der Waals surface area contributed by atoms with Gasteiger partial charge >= 0.3 is 5.97 Å². The standard InChI is InChI=1S/C26H33N3O3/c1-2-3-4-8-22(17-26(30)31)29-25-13-12-23(16-20(25)18-27-29)32-15-14-21-11-10-19-7-5-6-9-24(19)28-21/h10-13,16,18,22H,2-9,14-15,17H2,1H3,(H,30,31). The van der Waals surface area contributed by atoms with Gasteiger partial charge in [0.05, 0.1) is 30.8 Å². The van der Waals surface area contributed by atoms with E-state index in [1.807, 2.05) is 29.1 Å². The number of fused-ring (bicyclic) bond motifs is 2. The maximum Gasteiger partial charge on any atom is 0.305 e. The number of pyridine rings is 1. The topological polar surface area (TPSA) is 77.2 Å². The Labute approximate surface area is 189 Å². The zero-order valence-corrected chi connectivity index (χ0v) is 18.9. The van der Waals surface area contributed by atoms with E-state index in [2.05, 4.69) is 24.2 Å². The van der Waals surface area contributed by atoms with Gasteiger partial charge in [-0.1, -0.05) is 32.3 Å². The number of carbonyl (C=O) groups is 1. The Balaban J connectivity index is 1.40. The van der Waals surface area contributed by atoms with Crippen molar-refractivity contribution >= 4 is 16.9 Å². The molecule has 6 nitrogen and oxygen atoms in total. The average Bonchev–Trinajstić information content (AvgIpc) is 3.21. The third-order valence-electron chi connectivity index (χ3n) is 6.33. The maximum atomic E-state index is 11.4. The molecule has 1 N–H and O–H groups in total. The lowest BCUT2D eigenvalue weighted by molar-refractivity contribution is -0.138. The van der Waals surface area contributed by atoms with Crippen molar-refractivity contribution in [2.24, 2.45) is 0 Å². The summed E-state index contributed by atoms with van der Waals surface area (Å²) in [4.78, 5) is 16.2. The van der Waals surface area contributed by atoms with Crippen molar-refractivity contribution in [2.75, 3.05) is 6.61 Å². The van der Waals surface area contributed by atoms with E-state index < -0.39 is 5.97 Å². The second-order valence-electron chi connectivity index (χ2n) is 8.77. The number of benzene rings is 1. The molecular formula is C26H33N3O3. The van der Waals surface area contributed by atoms with E-state index in [1.165, 1.54) is 24.1 Å². The highest BCUT2D eigenvalue weighted by molar-refractivity contribution is 5.80. The summed E-state index contributed by atoms with van der Waals surface area (Å²) >= 11 is 0.